The first-order chi connectivity index (χ1) is 5.34. The van der Waals surface area contributed by atoms with Crippen LogP contribution < -0.4 is 0 Å². The van der Waals surface area contributed by atoms with E-state index in [0.717, 1.165) is 6.54 Å². The van der Waals surface area contributed by atoms with E-state index in [4.69, 9.17) is 5.26 Å². The van der Waals surface area contributed by atoms with Gasteiger partial charge < -0.3 is 0 Å². The summed E-state index contributed by atoms with van der Waals surface area (Å²) in [6.07, 6.45) is 4.68. The lowest BCUT2D eigenvalue weighted by Gasteiger charge is -2.32. The topological polar surface area (TPSA) is 27.0 Å². The number of rotatable bonds is 2. The van der Waals surface area contributed by atoms with E-state index in [-0.39, 0.29) is 0 Å². The number of nitriles is 1. The zero-order valence-electron chi connectivity index (χ0n) is 7.21. The van der Waals surface area contributed by atoms with Gasteiger partial charge in [0.2, 0.25) is 0 Å². The first-order valence-corrected chi connectivity index (χ1v) is 4.45. The number of hydrogen-bond acceptors (Lipinski definition) is 2. The van der Waals surface area contributed by atoms with Gasteiger partial charge in [0.1, 0.15) is 0 Å². The molecule has 62 valence electrons. The van der Waals surface area contributed by atoms with Crippen LogP contribution in [0.5, 0.6) is 0 Å². The Morgan fingerprint density at radius 1 is 1.55 bits per heavy atom. The van der Waals surface area contributed by atoms with E-state index < -0.39 is 0 Å². The van der Waals surface area contributed by atoms with Gasteiger partial charge in [-0.25, -0.2) is 0 Å². The average molecular weight is 152 g/mol. The predicted octanol–water partition coefficient (Wildman–Crippen LogP) is 1.77. The first kappa shape index (κ1) is 8.55. The summed E-state index contributed by atoms with van der Waals surface area (Å²) < 4.78 is 0. The lowest BCUT2D eigenvalue weighted by atomic mass is 10.0. The fourth-order valence-electron chi connectivity index (χ4n) is 1.68. The van der Waals surface area contributed by atoms with Crippen LogP contribution in [0.3, 0.4) is 0 Å². The van der Waals surface area contributed by atoms with Gasteiger partial charge in [-0.05, 0) is 26.3 Å². The Labute approximate surface area is 68.8 Å². The normalized spacial score (nSPS) is 26.4. The van der Waals surface area contributed by atoms with Gasteiger partial charge in [-0.2, -0.15) is 5.26 Å². The maximum absolute atomic E-state index is 8.41. The molecule has 1 heterocycles. The third kappa shape index (κ3) is 2.51. The number of hydrogen-bond donors (Lipinski definition) is 0. The minimum absolute atomic E-state index is 0.685. The molecule has 11 heavy (non-hydrogen) atoms. The number of nitrogens with zero attached hydrogens (tertiary/aromatic N) is 2. The summed E-state index contributed by atoms with van der Waals surface area (Å²) >= 11 is 0. The van der Waals surface area contributed by atoms with Crippen LogP contribution in [0, 0.1) is 11.3 Å². The molecule has 0 radical (unpaired) electrons. The van der Waals surface area contributed by atoms with Gasteiger partial charge in [0.05, 0.1) is 6.07 Å². The number of likely N-dealkylation sites (tertiary alicyclic amines) is 1. The second-order valence-electron chi connectivity index (χ2n) is 3.29. The molecule has 0 N–H and O–H groups in total. The molecular formula is C9H16N2. The van der Waals surface area contributed by atoms with Gasteiger partial charge >= 0.3 is 0 Å². The highest BCUT2D eigenvalue weighted by Crippen LogP contribution is 2.15. The SMILES string of the molecule is C[C@@H]1CCCCN1CCC#N. The highest BCUT2D eigenvalue weighted by molar-refractivity contribution is 4.77. The summed E-state index contributed by atoms with van der Waals surface area (Å²) in [7, 11) is 0. The van der Waals surface area contributed by atoms with Crippen molar-refractivity contribution in [3.63, 3.8) is 0 Å². The molecule has 0 aromatic rings. The van der Waals surface area contributed by atoms with Crippen molar-refractivity contribution < 1.29 is 0 Å². The summed E-state index contributed by atoms with van der Waals surface area (Å²) in [6, 6.07) is 2.90. The lowest BCUT2D eigenvalue weighted by molar-refractivity contribution is 0.164. The Morgan fingerprint density at radius 3 is 3.00 bits per heavy atom. The molecule has 0 aromatic heterocycles. The van der Waals surface area contributed by atoms with Gasteiger partial charge in [-0.15, -0.1) is 0 Å². The zero-order valence-corrected chi connectivity index (χ0v) is 7.21. The van der Waals surface area contributed by atoms with Crippen molar-refractivity contribution in [2.75, 3.05) is 13.1 Å². The van der Waals surface area contributed by atoms with E-state index >= 15 is 0 Å². The minimum atomic E-state index is 0.685. The Balaban J connectivity index is 2.25. The maximum Gasteiger partial charge on any atom is 0.0635 e. The Kier molecular flexibility index (Phi) is 3.38. The van der Waals surface area contributed by atoms with E-state index in [1.807, 2.05) is 0 Å². The largest absolute Gasteiger partial charge is 0.300 e. The Morgan fingerprint density at radius 2 is 2.36 bits per heavy atom. The van der Waals surface area contributed by atoms with Crippen molar-refractivity contribution in [2.24, 2.45) is 0 Å². The molecule has 1 atom stereocenters. The third-order valence-corrected chi connectivity index (χ3v) is 2.45. The number of piperidine rings is 1. The van der Waals surface area contributed by atoms with Crippen LogP contribution in [-0.2, 0) is 0 Å². The molecule has 0 spiro atoms. The molecule has 1 rings (SSSR count). The summed E-state index contributed by atoms with van der Waals surface area (Å²) in [5.74, 6) is 0. The smallest absolute Gasteiger partial charge is 0.0635 e. The molecule has 0 aliphatic carbocycles. The van der Waals surface area contributed by atoms with Crippen LogP contribution in [0.1, 0.15) is 32.6 Å². The Bertz CT molecular complexity index is 148. The summed E-state index contributed by atoms with van der Waals surface area (Å²) in [6.45, 7) is 4.43. The average Bonchev–Trinajstić information content (AvgIpc) is 2.03. The van der Waals surface area contributed by atoms with Crippen molar-refractivity contribution in [3.05, 3.63) is 0 Å². The summed E-state index contributed by atoms with van der Waals surface area (Å²) in [5.41, 5.74) is 0. The predicted molar refractivity (Wildman–Crippen MR) is 45.1 cm³/mol. The second-order valence-corrected chi connectivity index (χ2v) is 3.29. The van der Waals surface area contributed by atoms with E-state index in [2.05, 4.69) is 17.9 Å². The first-order valence-electron chi connectivity index (χ1n) is 4.45. The highest BCUT2D eigenvalue weighted by Gasteiger charge is 2.16. The molecule has 0 aromatic carbocycles. The molecular weight excluding hydrogens is 136 g/mol. The quantitative estimate of drug-likeness (QED) is 0.603. The fourth-order valence-corrected chi connectivity index (χ4v) is 1.68. The van der Waals surface area contributed by atoms with Crippen molar-refractivity contribution in [2.45, 2.75) is 38.6 Å². The minimum Gasteiger partial charge on any atom is -0.300 e. The van der Waals surface area contributed by atoms with E-state index in [1.54, 1.807) is 0 Å². The van der Waals surface area contributed by atoms with E-state index in [9.17, 15) is 0 Å². The van der Waals surface area contributed by atoms with Crippen molar-refractivity contribution in [1.29, 1.82) is 5.26 Å². The van der Waals surface area contributed by atoms with Crippen molar-refractivity contribution in [1.82, 2.24) is 4.90 Å². The molecule has 1 aliphatic heterocycles. The fraction of sp³-hybridized carbons (Fsp3) is 0.889. The molecule has 1 fully saturated rings. The molecule has 2 heteroatoms. The van der Waals surface area contributed by atoms with Crippen LogP contribution in [0.4, 0.5) is 0 Å². The molecule has 2 nitrogen and oxygen atoms in total. The van der Waals surface area contributed by atoms with Crippen LogP contribution in [-0.4, -0.2) is 24.0 Å². The standard InChI is InChI=1S/C9H16N2/c1-9-5-2-3-7-11(9)8-4-6-10/h9H,2-5,7-8H2,1H3/t9-/m1/s1. The maximum atomic E-state index is 8.41. The van der Waals surface area contributed by atoms with Gasteiger partial charge in [0.25, 0.3) is 0 Å². The molecule has 1 aliphatic rings. The highest BCUT2D eigenvalue weighted by atomic mass is 15.1. The van der Waals surface area contributed by atoms with Crippen LogP contribution >= 0.6 is 0 Å². The van der Waals surface area contributed by atoms with Gasteiger partial charge in [-0.3, -0.25) is 4.90 Å². The van der Waals surface area contributed by atoms with Gasteiger partial charge in [-0.1, -0.05) is 6.42 Å². The van der Waals surface area contributed by atoms with Crippen LogP contribution in [0.2, 0.25) is 0 Å². The molecule has 0 unspecified atom stereocenters. The van der Waals surface area contributed by atoms with Crippen molar-refractivity contribution >= 4 is 0 Å². The second kappa shape index (κ2) is 4.35. The van der Waals surface area contributed by atoms with Crippen LogP contribution in [0.15, 0.2) is 0 Å². The third-order valence-electron chi connectivity index (χ3n) is 2.45. The molecule has 0 amide bonds. The summed E-state index contributed by atoms with van der Waals surface area (Å²) in [5, 5.41) is 8.41. The lowest BCUT2D eigenvalue weighted by Crippen LogP contribution is -2.37. The Hall–Kier alpha value is -0.550. The van der Waals surface area contributed by atoms with Gasteiger partial charge in [0.15, 0.2) is 0 Å². The zero-order chi connectivity index (χ0) is 8.10. The summed E-state index contributed by atoms with van der Waals surface area (Å²) in [4.78, 5) is 2.42. The molecule has 1 saturated heterocycles. The monoisotopic (exact) mass is 152 g/mol. The van der Waals surface area contributed by atoms with E-state index in [1.165, 1.54) is 25.8 Å². The van der Waals surface area contributed by atoms with E-state index in [0.29, 0.717) is 12.5 Å². The van der Waals surface area contributed by atoms with Crippen molar-refractivity contribution in [3.8, 4) is 6.07 Å². The molecule has 0 saturated carbocycles. The molecule has 0 bridgehead atoms. The van der Waals surface area contributed by atoms with Gasteiger partial charge in [0, 0.05) is 19.0 Å². The van der Waals surface area contributed by atoms with Crippen LogP contribution in [0.25, 0.3) is 0 Å².